The number of benzene rings is 3. The number of hydrogen-bond acceptors (Lipinski definition) is 1. The summed E-state index contributed by atoms with van der Waals surface area (Å²) in [5.41, 5.74) is 5.51. The van der Waals surface area contributed by atoms with Crippen LogP contribution in [0.3, 0.4) is 0 Å². The first-order valence-corrected chi connectivity index (χ1v) is 7.62. The van der Waals surface area contributed by atoms with Gasteiger partial charge in [-0.2, -0.15) is 0 Å². The summed E-state index contributed by atoms with van der Waals surface area (Å²) < 4.78 is 0. The molecule has 0 aromatic heterocycles. The molecule has 1 N–H and O–H groups in total. The zero-order chi connectivity index (χ0) is 16.2. The average molecular weight is 302 g/mol. The number of hydrogen-bond donors (Lipinski definition) is 1. The van der Waals surface area contributed by atoms with Crippen LogP contribution in [0.2, 0.25) is 0 Å². The lowest BCUT2D eigenvalue weighted by molar-refractivity contribution is 0.0697. The minimum Gasteiger partial charge on any atom is -0.478 e. The Morgan fingerprint density at radius 3 is 2.09 bits per heavy atom. The predicted molar refractivity (Wildman–Crippen MR) is 92.8 cm³/mol. The highest BCUT2D eigenvalue weighted by atomic mass is 16.4. The van der Waals surface area contributed by atoms with Crippen molar-refractivity contribution in [1.82, 2.24) is 0 Å². The van der Waals surface area contributed by atoms with E-state index in [0.29, 0.717) is 5.56 Å². The van der Waals surface area contributed by atoms with Crippen molar-refractivity contribution in [2.45, 2.75) is 13.3 Å². The first-order valence-electron chi connectivity index (χ1n) is 7.62. The van der Waals surface area contributed by atoms with E-state index in [1.54, 1.807) is 6.07 Å². The molecule has 0 spiro atoms. The number of carboxylic acids is 1. The second kappa shape index (κ2) is 6.49. The molecule has 23 heavy (non-hydrogen) atoms. The summed E-state index contributed by atoms with van der Waals surface area (Å²) in [4.78, 5) is 11.6. The van der Waals surface area contributed by atoms with E-state index in [1.807, 2.05) is 61.5 Å². The fraction of sp³-hybridized carbons (Fsp3) is 0.0952. The molecule has 0 amide bonds. The number of aromatic carboxylic acids is 1. The van der Waals surface area contributed by atoms with Gasteiger partial charge in [-0.1, -0.05) is 66.7 Å². The molecule has 0 aliphatic rings. The van der Waals surface area contributed by atoms with Gasteiger partial charge >= 0.3 is 5.97 Å². The molecule has 3 rings (SSSR count). The maximum absolute atomic E-state index is 11.6. The van der Waals surface area contributed by atoms with Crippen LogP contribution in [0.4, 0.5) is 0 Å². The topological polar surface area (TPSA) is 37.3 Å². The van der Waals surface area contributed by atoms with Crippen LogP contribution in [0.5, 0.6) is 0 Å². The van der Waals surface area contributed by atoms with E-state index in [0.717, 1.165) is 28.7 Å². The highest BCUT2D eigenvalue weighted by Gasteiger charge is 2.16. The van der Waals surface area contributed by atoms with E-state index in [-0.39, 0.29) is 0 Å². The molecule has 0 fully saturated rings. The Bertz CT molecular complexity index is 821. The van der Waals surface area contributed by atoms with Crippen molar-refractivity contribution in [3.63, 3.8) is 0 Å². The molecule has 3 aromatic carbocycles. The molecule has 0 radical (unpaired) electrons. The minimum absolute atomic E-state index is 0.352. The molecule has 114 valence electrons. The van der Waals surface area contributed by atoms with Gasteiger partial charge in [-0.05, 0) is 47.2 Å². The van der Waals surface area contributed by atoms with Gasteiger partial charge in [0.15, 0.2) is 0 Å². The Morgan fingerprint density at radius 2 is 1.48 bits per heavy atom. The Morgan fingerprint density at radius 1 is 0.870 bits per heavy atom. The molecule has 3 aromatic rings. The van der Waals surface area contributed by atoms with E-state index >= 15 is 0 Å². The Balaban J connectivity index is 2.12. The maximum atomic E-state index is 11.6. The summed E-state index contributed by atoms with van der Waals surface area (Å²) in [7, 11) is 0. The van der Waals surface area contributed by atoms with Gasteiger partial charge in [0.05, 0.1) is 5.56 Å². The van der Waals surface area contributed by atoms with Crippen LogP contribution in [0.25, 0.3) is 11.1 Å². The fourth-order valence-corrected chi connectivity index (χ4v) is 2.92. The van der Waals surface area contributed by atoms with Crippen molar-refractivity contribution in [1.29, 1.82) is 0 Å². The monoisotopic (exact) mass is 302 g/mol. The van der Waals surface area contributed by atoms with Gasteiger partial charge < -0.3 is 5.11 Å². The first-order chi connectivity index (χ1) is 11.2. The van der Waals surface area contributed by atoms with Crippen molar-refractivity contribution in [3.8, 4) is 11.1 Å². The van der Waals surface area contributed by atoms with Gasteiger partial charge in [-0.15, -0.1) is 0 Å². The molecule has 2 heteroatoms. The minimum atomic E-state index is -0.891. The summed E-state index contributed by atoms with van der Waals surface area (Å²) in [5.74, 6) is -0.891. The molecule has 0 bridgehead atoms. The molecule has 0 aliphatic carbocycles. The van der Waals surface area contributed by atoms with Crippen molar-refractivity contribution < 1.29 is 9.90 Å². The molecule has 2 nitrogen and oxygen atoms in total. The summed E-state index contributed by atoms with van der Waals surface area (Å²) in [6.07, 6.45) is 0.798. The molecule has 0 aliphatic heterocycles. The van der Waals surface area contributed by atoms with Crippen LogP contribution in [-0.4, -0.2) is 11.1 Å². The van der Waals surface area contributed by atoms with Gasteiger partial charge in [-0.3, -0.25) is 0 Å². The SMILES string of the molecule is Cc1c(Cc2ccccc2)ccc(C(=O)O)c1-c1ccccc1. The van der Waals surface area contributed by atoms with Crippen LogP contribution in [0.15, 0.2) is 72.8 Å². The highest BCUT2D eigenvalue weighted by molar-refractivity contribution is 5.97. The van der Waals surface area contributed by atoms with Gasteiger partial charge in [-0.25, -0.2) is 4.79 Å². The summed E-state index contributed by atoms with van der Waals surface area (Å²) in [5, 5.41) is 9.53. The number of carbonyl (C=O) groups is 1. The van der Waals surface area contributed by atoms with Gasteiger partial charge in [0.25, 0.3) is 0 Å². The van der Waals surface area contributed by atoms with Crippen LogP contribution in [0, 0.1) is 6.92 Å². The number of rotatable bonds is 4. The quantitative estimate of drug-likeness (QED) is 0.740. The third-order valence-electron chi connectivity index (χ3n) is 4.11. The summed E-state index contributed by atoms with van der Waals surface area (Å²) >= 11 is 0. The highest BCUT2D eigenvalue weighted by Crippen LogP contribution is 2.31. The smallest absolute Gasteiger partial charge is 0.336 e. The van der Waals surface area contributed by atoms with E-state index in [2.05, 4.69) is 12.1 Å². The fourth-order valence-electron chi connectivity index (χ4n) is 2.92. The Labute approximate surface area is 136 Å². The second-order valence-electron chi connectivity index (χ2n) is 5.61. The van der Waals surface area contributed by atoms with Gasteiger partial charge in [0.1, 0.15) is 0 Å². The third-order valence-corrected chi connectivity index (χ3v) is 4.11. The summed E-state index contributed by atoms with van der Waals surface area (Å²) in [6, 6.07) is 23.6. The largest absolute Gasteiger partial charge is 0.478 e. The van der Waals surface area contributed by atoms with Crippen molar-refractivity contribution >= 4 is 5.97 Å². The lowest BCUT2D eigenvalue weighted by Crippen LogP contribution is -2.04. The van der Waals surface area contributed by atoms with E-state index in [9.17, 15) is 9.90 Å². The standard InChI is InChI=1S/C21H18O2/c1-15-18(14-16-8-4-2-5-9-16)12-13-19(21(22)23)20(15)17-10-6-3-7-11-17/h2-13H,14H2,1H3,(H,22,23). The lowest BCUT2D eigenvalue weighted by Gasteiger charge is -2.15. The van der Waals surface area contributed by atoms with Crippen molar-refractivity contribution in [2.75, 3.05) is 0 Å². The van der Waals surface area contributed by atoms with Crippen LogP contribution in [0.1, 0.15) is 27.0 Å². The van der Waals surface area contributed by atoms with E-state index < -0.39 is 5.97 Å². The zero-order valence-electron chi connectivity index (χ0n) is 13.0. The molecule has 0 heterocycles. The molecule has 0 unspecified atom stereocenters. The van der Waals surface area contributed by atoms with Crippen molar-refractivity contribution in [3.05, 3.63) is 95.1 Å². The molecular weight excluding hydrogens is 284 g/mol. The molecule has 0 saturated carbocycles. The molecular formula is C21H18O2. The first kappa shape index (κ1) is 15.0. The predicted octanol–water partition coefficient (Wildman–Crippen LogP) is 4.95. The van der Waals surface area contributed by atoms with Crippen LogP contribution < -0.4 is 0 Å². The van der Waals surface area contributed by atoms with Crippen LogP contribution >= 0.6 is 0 Å². The van der Waals surface area contributed by atoms with E-state index in [4.69, 9.17) is 0 Å². The van der Waals surface area contributed by atoms with Gasteiger partial charge in [0.2, 0.25) is 0 Å². The molecule has 0 saturated heterocycles. The van der Waals surface area contributed by atoms with E-state index in [1.165, 1.54) is 5.56 Å². The average Bonchev–Trinajstić information content (AvgIpc) is 2.58. The summed E-state index contributed by atoms with van der Waals surface area (Å²) in [6.45, 7) is 2.01. The Hall–Kier alpha value is -2.87. The lowest BCUT2D eigenvalue weighted by atomic mass is 9.89. The normalized spacial score (nSPS) is 10.5. The maximum Gasteiger partial charge on any atom is 0.336 e. The van der Waals surface area contributed by atoms with Crippen molar-refractivity contribution in [2.24, 2.45) is 0 Å². The molecule has 0 atom stereocenters. The van der Waals surface area contributed by atoms with Gasteiger partial charge in [0, 0.05) is 0 Å². The Kier molecular flexibility index (Phi) is 4.24. The zero-order valence-corrected chi connectivity index (χ0v) is 13.0. The second-order valence-corrected chi connectivity index (χ2v) is 5.61. The van der Waals surface area contributed by atoms with Crippen LogP contribution in [-0.2, 0) is 6.42 Å². The third kappa shape index (κ3) is 3.16. The number of carboxylic acid groups (broad SMARTS) is 1.